The Morgan fingerprint density at radius 1 is 0.750 bits per heavy atom. The first kappa shape index (κ1) is 21.5. The molecule has 4 aromatic rings. The average Bonchev–Trinajstić information content (AvgIpc) is 3.28. The van der Waals surface area contributed by atoms with E-state index in [1.165, 1.54) is 11.1 Å². The number of H-pyrrole nitrogens is 1. The first-order valence-electron chi connectivity index (χ1n) is 11.1. The van der Waals surface area contributed by atoms with Crippen molar-refractivity contribution in [2.45, 2.75) is 39.5 Å². The predicted molar refractivity (Wildman–Crippen MR) is 131 cm³/mol. The molecule has 0 fully saturated rings. The number of aromatic amines is 1. The Morgan fingerprint density at radius 3 is 2.00 bits per heavy atom. The molecule has 3 heteroatoms. The summed E-state index contributed by atoms with van der Waals surface area (Å²) in [5, 5.41) is 9.33. The van der Waals surface area contributed by atoms with Gasteiger partial charge in [-0.25, -0.2) is 0 Å². The minimum Gasteiger partial charge on any atom is -0.457 e. The fraction of sp³-hybridized carbons (Fsp3) is 0.207. The molecule has 0 aliphatic heterocycles. The molecule has 0 unspecified atom stereocenters. The summed E-state index contributed by atoms with van der Waals surface area (Å²) in [6.07, 6.45) is 3.60. The molecule has 0 bridgehead atoms. The molecule has 0 saturated heterocycles. The molecule has 1 N–H and O–H groups in total. The van der Waals surface area contributed by atoms with Crippen molar-refractivity contribution in [3.63, 3.8) is 0 Å². The predicted octanol–water partition coefficient (Wildman–Crippen LogP) is 8.26. The zero-order valence-electron chi connectivity index (χ0n) is 19.0. The number of hydrogen-bond donors (Lipinski definition) is 1. The lowest BCUT2D eigenvalue weighted by atomic mass is 9.94. The van der Waals surface area contributed by atoms with Crippen LogP contribution in [0.1, 0.15) is 56.2 Å². The Kier molecular flexibility index (Phi) is 6.14. The summed E-state index contributed by atoms with van der Waals surface area (Å²) in [6, 6.07) is 25.2. The van der Waals surface area contributed by atoms with E-state index < -0.39 is 0 Å². The maximum atomic E-state index is 9.33. The summed E-state index contributed by atoms with van der Waals surface area (Å²) in [5.74, 6) is 2.58. The molecule has 0 aliphatic rings. The second-order valence-electron chi connectivity index (χ2n) is 8.68. The zero-order chi connectivity index (χ0) is 22.7. The topological polar surface area (TPSA) is 48.8 Å². The van der Waals surface area contributed by atoms with Crippen molar-refractivity contribution < 1.29 is 4.74 Å². The van der Waals surface area contributed by atoms with Gasteiger partial charge in [0.1, 0.15) is 17.6 Å². The number of nitriles is 1. The highest BCUT2D eigenvalue weighted by Crippen LogP contribution is 2.38. The van der Waals surface area contributed by atoms with E-state index in [0.29, 0.717) is 17.4 Å². The molecule has 32 heavy (non-hydrogen) atoms. The Labute approximate surface area is 190 Å². The third kappa shape index (κ3) is 4.31. The van der Waals surface area contributed by atoms with Crippen LogP contribution in [-0.4, -0.2) is 4.98 Å². The lowest BCUT2D eigenvalue weighted by Gasteiger charge is -2.20. The van der Waals surface area contributed by atoms with Crippen molar-refractivity contribution >= 4 is 0 Å². The minimum atomic E-state index is 0.387. The van der Waals surface area contributed by atoms with E-state index in [1.54, 1.807) is 6.20 Å². The standard InChI is InChI=1S/C29H28N2O/c1-19(2)26-9-6-10-27(20(3)4)29(26)32-25-13-11-21(12-14-25)22-7-5-8-23(15-22)28-18-31-17-24(28)16-30/h5-15,17-20,31H,1-4H3. The van der Waals surface area contributed by atoms with Gasteiger partial charge in [-0.3, -0.25) is 0 Å². The SMILES string of the molecule is CC(C)c1cccc(C(C)C)c1Oc1ccc(-c2cccc(-c3c[nH]cc3C#N)c2)cc1. The highest BCUT2D eigenvalue weighted by molar-refractivity contribution is 5.76. The number of hydrogen-bond acceptors (Lipinski definition) is 2. The van der Waals surface area contributed by atoms with Crippen molar-refractivity contribution in [3.05, 3.63) is 95.8 Å². The second-order valence-corrected chi connectivity index (χ2v) is 8.68. The fourth-order valence-electron chi connectivity index (χ4n) is 4.00. The average molecular weight is 421 g/mol. The zero-order valence-corrected chi connectivity index (χ0v) is 19.0. The van der Waals surface area contributed by atoms with Gasteiger partial charge in [-0.15, -0.1) is 0 Å². The van der Waals surface area contributed by atoms with E-state index in [9.17, 15) is 5.26 Å². The number of aromatic nitrogens is 1. The third-order valence-electron chi connectivity index (χ3n) is 5.77. The number of nitrogens with one attached hydrogen (secondary N) is 1. The summed E-state index contributed by atoms with van der Waals surface area (Å²) in [7, 11) is 0. The van der Waals surface area contributed by atoms with Crippen LogP contribution in [-0.2, 0) is 0 Å². The lowest BCUT2D eigenvalue weighted by Crippen LogP contribution is -2.00. The van der Waals surface area contributed by atoms with E-state index in [4.69, 9.17) is 4.74 Å². The van der Waals surface area contributed by atoms with Crippen LogP contribution in [0.4, 0.5) is 0 Å². The van der Waals surface area contributed by atoms with Crippen molar-refractivity contribution in [1.82, 2.24) is 4.98 Å². The molecule has 0 radical (unpaired) electrons. The van der Waals surface area contributed by atoms with Gasteiger partial charge in [0.25, 0.3) is 0 Å². The highest BCUT2D eigenvalue weighted by Gasteiger charge is 2.16. The monoisotopic (exact) mass is 420 g/mol. The summed E-state index contributed by atoms with van der Waals surface area (Å²) in [6.45, 7) is 8.80. The molecule has 3 nitrogen and oxygen atoms in total. The number of nitrogens with zero attached hydrogens (tertiary/aromatic N) is 1. The van der Waals surface area contributed by atoms with Crippen LogP contribution in [0.3, 0.4) is 0 Å². The third-order valence-corrected chi connectivity index (χ3v) is 5.77. The highest BCUT2D eigenvalue weighted by atomic mass is 16.5. The molecule has 4 rings (SSSR count). The van der Waals surface area contributed by atoms with E-state index >= 15 is 0 Å². The van der Waals surface area contributed by atoms with Gasteiger partial charge in [0.05, 0.1) is 5.56 Å². The fourth-order valence-corrected chi connectivity index (χ4v) is 4.00. The molecule has 0 atom stereocenters. The number of para-hydroxylation sites is 1. The molecule has 0 amide bonds. The number of rotatable bonds is 6. The molecule has 1 heterocycles. The smallest absolute Gasteiger partial charge is 0.134 e. The Hall–Kier alpha value is -3.77. The lowest BCUT2D eigenvalue weighted by molar-refractivity contribution is 0.463. The first-order chi connectivity index (χ1) is 15.5. The molecule has 0 saturated carbocycles. The molecule has 160 valence electrons. The second kappa shape index (κ2) is 9.16. The van der Waals surface area contributed by atoms with E-state index in [1.807, 2.05) is 30.5 Å². The van der Waals surface area contributed by atoms with E-state index in [-0.39, 0.29) is 0 Å². The van der Waals surface area contributed by atoms with Gasteiger partial charge in [0.15, 0.2) is 0 Å². The summed E-state index contributed by atoms with van der Waals surface area (Å²) in [5.41, 5.74) is 7.25. The van der Waals surface area contributed by atoms with Crippen LogP contribution < -0.4 is 4.74 Å². The maximum absolute atomic E-state index is 9.33. The summed E-state index contributed by atoms with van der Waals surface area (Å²) >= 11 is 0. The van der Waals surface area contributed by atoms with E-state index in [0.717, 1.165) is 33.8 Å². The van der Waals surface area contributed by atoms with Crippen molar-refractivity contribution in [2.75, 3.05) is 0 Å². The molecular weight excluding hydrogens is 392 g/mol. The van der Waals surface area contributed by atoms with Crippen molar-refractivity contribution in [2.24, 2.45) is 0 Å². The van der Waals surface area contributed by atoms with Crippen LogP contribution in [0.15, 0.2) is 79.1 Å². The Balaban J connectivity index is 1.63. The van der Waals surface area contributed by atoms with Crippen LogP contribution in [0.2, 0.25) is 0 Å². The Bertz CT molecular complexity index is 1230. The molecular formula is C29H28N2O. The minimum absolute atomic E-state index is 0.387. The van der Waals surface area contributed by atoms with Gasteiger partial charge in [-0.1, -0.05) is 76.2 Å². The van der Waals surface area contributed by atoms with Crippen LogP contribution in [0.25, 0.3) is 22.3 Å². The first-order valence-corrected chi connectivity index (χ1v) is 11.1. The molecule has 3 aromatic carbocycles. The molecule has 0 spiro atoms. The van der Waals surface area contributed by atoms with Gasteiger partial charge < -0.3 is 9.72 Å². The summed E-state index contributed by atoms with van der Waals surface area (Å²) in [4.78, 5) is 3.02. The molecule has 1 aromatic heterocycles. The van der Waals surface area contributed by atoms with Crippen LogP contribution in [0, 0.1) is 11.3 Å². The normalized spacial score (nSPS) is 11.0. The van der Waals surface area contributed by atoms with Crippen molar-refractivity contribution in [1.29, 1.82) is 5.26 Å². The van der Waals surface area contributed by atoms with Gasteiger partial charge in [0, 0.05) is 18.0 Å². The van der Waals surface area contributed by atoms with Crippen molar-refractivity contribution in [3.8, 4) is 39.8 Å². The largest absolute Gasteiger partial charge is 0.457 e. The maximum Gasteiger partial charge on any atom is 0.134 e. The molecule has 0 aliphatic carbocycles. The summed E-state index contributed by atoms with van der Waals surface area (Å²) < 4.78 is 6.43. The number of benzene rings is 3. The van der Waals surface area contributed by atoms with Gasteiger partial charge in [0.2, 0.25) is 0 Å². The van der Waals surface area contributed by atoms with Crippen LogP contribution >= 0.6 is 0 Å². The van der Waals surface area contributed by atoms with Gasteiger partial charge in [-0.05, 0) is 57.9 Å². The number of ether oxygens (including phenoxy) is 1. The van der Waals surface area contributed by atoms with E-state index in [2.05, 4.69) is 81.2 Å². The Morgan fingerprint density at radius 2 is 1.38 bits per heavy atom. The quantitative estimate of drug-likeness (QED) is 0.341. The van der Waals surface area contributed by atoms with Crippen LogP contribution in [0.5, 0.6) is 11.5 Å². The van der Waals surface area contributed by atoms with Gasteiger partial charge in [-0.2, -0.15) is 5.26 Å². The van der Waals surface area contributed by atoms with Gasteiger partial charge >= 0.3 is 0 Å².